The minimum atomic E-state index is -0.491. The van der Waals surface area contributed by atoms with Crippen molar-refractivity contribution in [3.8, 4) is 5.69 Å². The quantitative estimate of drug-likeness (QED) is 0.859. The molecule has 17 heavy (non-hydrogen) atoms. The number of hydrogen-bond donors (Lipinski definition) is 1. The molecule has 0 aliphatic carbocycles. The molecule has 0 unspecified atom stereocenters. The molecule has 0 aliphatic heterocycles. The first-order valence-corrected chi connectivity index (χ1v) is 6.07. The van der Waals surface area contributed by atoms with Crippen LogP contribution >= 0.6 is 39.7 Å². The molecule has 88 valence electrons. The molecule has 3 nitrogen and oxygen atoms in total. The summed E-state index contributed by atoms with van der Waals surface area (Å²) in [5.41, 5.74) is 6.18. The third kappa shape index (κ3) is 2.34. The molecular weight excluding hydrogens is 329 g/mol. The summed E-state index contributed by atoms with van der Waals surface area (Å²) in [5.74, 6) is -0.491. The van der Waals surface area contributed by atoms with Crippen molar-refractivity contribution in [2.45, 2.75) is 0 Å². The van der Waals surface area contributed by atoms with E-state index in [0.29, 0.717) is 10.6 Å². The Labute approximate surface area is 115 Å². The molecule has 0 saturated carbocycles. The molecule has 0 atom stereocenters. The highest BCUT2D eigenvalue weighted by Crippen LogP contribution is 2.26. The van der Waals surface area contributed by atoms with E-state index in [9.17, 15) is 4.39 Å². The summed E-state index contributed by atoms with van der Waals surface area (Å²) in [6.45, 7) is 0. The van der Waals surface area contributed by atoms with E-state index in [4.69, 9.17) is 29.6 Å². The Bertz CT molecular complexity index is 599. The summed E-state index contributed by atoms with van der Waals surface area (Å²) in [4.78, 5) is 0.126. The standard InChI is InChI=1S/C10H6BrClFN3S/c11-8-6(10(14)17)1-2-7(9(8)13)16-4-5(12)3-15-16/h1-4H,(H2,14,17). The first kappa shape index (κ1) is 12.5. The van der Waals surface area contributed by atoms with E-state index >= 15 is 0 Å². The molecule has 2 rings (SSSR count). The van der Waals surface area contributed by atoms with E-state index in [2.05, 4.69) is 21.0 Å². The third-order valence-corrected chi connectivity index (χ3v) is 3.32. The van der Waals surface area contributed by atoms with Gasteiger partial charge in [0.1, 0.15) is 10.7 Å². The SMILES string of the molecule is NC(=S)c1ccc(-n2cc(Cl)cn2)c(F)c1Br. The number of thiocarbonyl (C=S) groups is 1. The van der Waals surface area contributed by atoms with Gasteiger partial charge >= 0.3 is 0 Å². The van der Waals surface area contributed by atoms with E-state index in [-0.39, 0.29) is 15.1 Å². The predicted octanol–water partition coefficient (Wildman–Crippen LogP) is 3.06. The Kier molecular flexibility index (Phi) is 3.46. The van der Waals surface area contributed by atoms with Gasteiger partial charge in [0.2, 0.25) is 0 Å². The molecule has 2 N–H and O–H groups in total. The summed E-state index contributed by atoms with van der Waals surface area (Å²) < 4.78 is 15.6. The highest BCUT2D eigenvalue weighted by atomic mass is 79.9. The average Bonchev–Trinajstić information content (AvgIpc) is 2.68. The Balaban J connectivity index is 2.58. The van der Waals surface area contributed by atoms with Gasteiger partial charge in [0.15, 0.2) is 5.82 Å². The molecule has 0 fully saturated rings. The number of aromatic nitrogens is 2. The summed E-state index contributed by atoms with van der Waals surface area (Å²) in [6, 6.07) is 3.17. The zero-order valence-electron chi connectivity index (χ0n) is 8.32. The van der Waals surface area contributed by atoms with E-state index in [1.165, 1.54) is 23.1 Å². The maximum absolute atomic E-state index is 14.1. The maximum atomic E-state index is 14.1. The van der Waals surface area contributed by atoms with Gasteiger partial charge in [0, 0.05) is 11.8 Å². The van der Waals surface area contributed by atoms with Crippen LogP contribution in [0, 0.1) is 5.82 Å². The lowest BCUT2D eigenvalue weighted by Crippen LogP contribution is -2.12. The zero-order valence-corrected chi connectivity index (χ0v) is 11.5. The van der Waals surface area contributed by atoms with Crippen LogP contribution in [0.4, 0.5) is 4.39 Å². The van der Waals surface area contributed by atoms with Crippen molar-refractivity contribution in [2.75, 3.05) is 0 Å². The molecule has 2 aromatic rings. The van der Waals surface area contributed by atoms with Crippen molar-refractivity contribution in [3.05, 3.63) is 45.4 Å². The Morgan fingerprint density at radius 1 is 1.53 bits per heavy atom. The second-order valence-corrected chi connectivity index (χ2v) is 4.90. The summed E-state index contributed by atoms with van der Waals surface area (Å²) >= 11 is 13.7. The van der Waals surface area contributed by atoms with Gasteiger partial charge in [-0.25, -0.2) is 9.07 Å². The van der Waals surface area contributed by atoms with Crippen LogP contribution in [0.3, 0.4) is 0 Å². The van der Waals surface area contributed by atoms with E-state index in [1.54, 1.807) is 6.07 Å². The summed E-state index contributed by atoms with van der Waals surface area (Å²) in [5, 5.41) is 4.35. The third-order valence-electron chi connectivity index (χ3n) is 2.13. The van der Waals surface area contributed by atoms with Crippen molar-refractivity contribution in [1.29, 1.82) is 0 Å². The topological polar surface area (TPSA) is 43.8 Å². The molecule has 0 bridgehead atoms. The molecule has 1 aromatic heterocycles. The van der Waals surface area contributed by atoms with Gasteiger partial charge in [-0.1, -0.05) is 23.8 Å². The highest BCUT2D eigenvalue weighted by Gasteiger charge is 2.14. The minimum Gasteiger partial charge on any atom is -0.389 e. The number of rotatable bonds is 2. The lowest BCUT2D eigenvalue weighted by Gasteiger charge is -2.08. The first-order chi connectivity index (χ1) is 8.00. The fourth-order valence-corrected chi connectivity index (χ4v) is 2.33. The van der Waals surface area contributed by atoms with Gasteiger partial charge in [-0.2, -0.15) is 5.10 Å². The molecular formula is C10H6BrClFN3S. The summed E-state index contributed by atoms with van der Waals surface area (Å²) in [7, 11) is 0. The molecule has 0 spiro atoms. The zero-order chi connectivity index (χ0) is 12.6. The van der Waals surface area contributed by atoms with Crippen LogP contribution < -0.4 is 5.73 Å². The fourth-order valence-electron chi connectivity index (χ4n) is 1.34. The largest absolute Gasteiger partial charge is 0.389 e. The monoisotopic (exact) mass is 333 g/mol. The lowest BCUT2D eigenvalue weighted by molar-refractivity contribution is 0.604. The van der Waals surface area contributed by atoms with Gasteiger partial charge in [-0.3, -0.25) is 0 Å². The number of nitrogens with two attached hydrogens (primary N) is 1. The van der Waals surface area contributed by atoms with Crippen molar-refractivity contribution in [3.63, 3.8) is 0 Å². The second kappa shape index (κ2) is 4.72. The van der Waals surface area contributed by atoms with E-state index in [1.807, 2.05) is 0 Å². The van der Waals surface area contributed by atoms with Crippen LogP contribution in [0.2, 0.25) is 5.02 Å². The van der Waals surface area contributed by atoms with E-state index < -0.39 is 5.82 Å². The van der Waals surface area contributed by atoms with Crippen LogP contribution in [-0.2, 0) is 0 Å². The van der Waals surface area contributed by atoms with Crippen LogP contribution in [0.15, 0.2) is 29.0 Å². The fraction of sp³-hybridized carbons (Fsp3) is 0. The number of hydrogen-bond acceptors (Lipinski definition) is 2. The van der Waals surface area contributed by atoms with Crippen molar-refractivity contribution >= 4 is 44.7 Å². The molecule has 1 aromatic carbocycles. The maximum Gasteiger partial charge on any atom is 0.163 e. The Morgan fingerprint density at radius 3 is 2.76 bits per heavy atom. The lowest BCUT2D eigenvalue weighted by atomic mass is 10.2. The summed E-state index contributed by atoms with van der Waals surface area (Å²) in [6.07, 6.45) is 2.93. The first-order valence-electron chi connectivity index (χ1n) is 4.49. The predicted molar refractivity (Wildman–Crippen MR) is 72.1 cm³/mol. The highest BCUT2D eigenvalue weighted by molar-refractivity contribution is 9.10. The van der Waals surface area contributed by atoms with Gasteiger partial charge in [0.05, 0.1) is 15.7 Å². The molecule has 0 saturated heterocycles. The average molecular weight is 335 g/mol. The van der Waals surface area contributed by atoms with Gasteiger partial charge in [-0.05, 0) is 28.1 Å². The normalized spacial score (nSPS) is 10.5. The van der Waals surface area contributed by atoms with Crippen molar-refractivity contribution in [2.24, 2.45) is 5.73 Å². The van der Waals surface area contributed by atoms with Crippen molar-refractivity contribution in [1.82, 2.24) is 9.78 Å². The second-order valence-electron chi connectivity index (χ2n) is 3.23. The Morgan fingerprint density at radius 2 is 2.24 bits per heavy atom. The van der Waals surface area contributed by atoms with Crippen LogP contribution in [0.5, 0.6) is 0 Å². The van der Waals surface area contributed by atoms with Crippen LogP contribution in [0.1, 0.15) is 5.56 Å². The minimum absolute atomic E-state index is 0.126. The molecule has 0 aliphatic rings. The smallest absolute Gasteiger partial charge is 0.163 e. The van der Waals surface area contributed by atoms with Crippen molar-refractivity contribution < 1.29 is 4.39 Å². The van der Waals surface area contributed by atoms with Gasteiger partial charge in [-0.15, -0.1) is 0 Å². The molecule has 1 heterocycles. The van der Waals surface area contributed by atoms with Crippen LogP contribution in [-0.4, -0.2) is 14.8 Å². The van der Waals surface area contributed by atoms with E-state index in [0.717, 1.165) is 0 Å². The number of benzene rings is 1. The number of halogens is 3. The Hall–Kier alpha value is -0.980. The molecule has 0 amide bonds. The van der Waals surface area contributed by atoms with Crippen LogP contribution in [0.25, 0.3) is 5.69 Å². The van der Waals surface area contributed by atoms with Gasteiger partial charge in [0.25, 0.3) is 0 Å². The van der Waals surface area contributed by atoms with Gasteiger partial charge < -0.3 is 5.73 Å². The number of nitrogens with zero attached hydrogens (tertiary/aromatic N) is 2. The molecule has 0 radical (unpaired) electrons. The molecule has 7 heteroatoms.